The SMILES string of the molecule is N#Cc1ccc2nc(N/N=C3\CCc4ccccc43)sc2c1. The molecule has 0 saturated heterocycles. The highest BCUT2D eigenvalue weighted by atomic mass is 32.1. The Bertz CT molecular complexity index is 933. The molecule has 0 unspecified atom stereocenters. The van der Waals surface area contributed by atoms with E-state index in [1.54, 1.807) is 6.07 Å². The molecule has 4 nitrogen and oxygen atoms in total. The number of aromatic nitrogens is 1. The lowest BCUT2D eigenvalue weighted by Crippen LogP contribution is -1.99. The number of thiazole rings is 1. The minimum atomic E-state index is 0.652. The smallest absolute Gasteiger partial charge is 0.204 e. The van der Waals surface area contributed by atoms with Crippen LogP contribution in [0, 0.1) is 11.3 Å². The Morgan fingerprint density at radius 1 is 1.18 bits per heavy atom. The van der Waals surface area contributed by atoms with Crippen LogP contribution in [0.2, 0.25) is 0 Å². The number of aryl methyl sites for hydroxylation is 1. The average molecular weight is 304 g/mol. The first-order valence-electron chi connectivity index (χ1n) is 7.05. The average Bonchev–Trinajstić information content (AvgIpc) is 3.15. The molecule has 5 heteroatoms. The number of anilines is 1. The maximum Gasteiger partial charge on any atom is 0.204 e. The fraction of sp³-hybridized carbons (Fsp3) is 0.118. The highest BCUT2D eigenvalue weighted by Gasteiger charge is 2.16. The number of nitriles is 1. The molecular formula is C17H12N4S. The van der Waals surface area contributed by atoms with Crippen molar-refractivity contribution in [3.63, 3.8) is 0 Å². The van der Waals surface area contributed by atoms with E-state index in [1.165, 1.54) is 22.5 Å². The monoisotopic (exact) mass is 304 g/mol. The van der Waals surface area contributed by atoms with Gasteiger partial charge in [0, 0.05) is 5.56 Å². The van der Waals surface area contributed by atoms with E-state index in [0.29, 0.717) is 5.56 Å². The molecule has 3 aromatic rings. The van der Waals surface area contributed by atoms with Crippen molar-refractivity contribution in [2.75, 3.05) is 5.43 Å². The van der Waals surface area contributed by atoms with Gasteiger partial charge < -0.3 is 0 Å². The highest BCUT2D eigenvalue weighted by Crippen LogP contribution is 2.27. The standard InChI is InChI=1S/C17H12N4S/c18-10-11-5-7-15-16(9-11)22-17(19-15)21-20-14-8-6-12-3-1-2-4-13(12)14/h1-5,7,9H,6,8H2,(H,19,21)/b20-14+. The normalized spacial score (nSPS) is 15.0. The molecule has 4 rings (SSSR count). The lowest BCUT2D eigenvalue weighted by atomic mass is 10.1. The maximum absolute atomic E-state index is 8.94. The van der Waals surface area contributed by atoms with E-state index in [9.17, 15) is 0 Å². The molecule has 22 heavy (non-hydrogen) atoms. The van der Waals surface area contributed by atoms with Crippen LogP contribution in [0.15, 0.2) is 47.6 Å². The van der Waals surface area contributed by atoms with Crippen molar-refractivity contribution in [3.8, 4) is 6.07 Å². The lowest BCUT2D eigenvalue weighted by molar-refractivity contribution is 1.09. The molecule has 0 aliphatic heterocycles. The molecule has 1 heterocycles. The number of nitrogens with one attached hydrogen (secondary N) is 1. The van der Waals surface area contributed by atoms with Gasteiger partial charge >= 0.3 is 0 Å². The number of hydrogen-bond donors (Lipinski definition) is 1. The second kappa shape index (κ2) is 5.24. The predicted octanol–water partition coefficient (Wildman–Crippen LogP) is 3.93. The summed E-state index contributed by atoms with van der Waals surface area (Å²) in [6.07, 6.45) is 2.00. The number of fused-ring (bicyclic) bond motifs is 2. The Hall–Kier alpha value is -2.71. The summed E-state index contributed by atoms with van der Waals surface area (Å²) in [6, 6.07) is 16.0. The van der Waals surface area contributed by atoms with Gasteiger partial charge in [-0.2, -0.15) is 10.4 Å². The summed E-state index contributed by atoms with van der Waals surface area (Å²) >= 11 is 1.51. The van der Waals surface area contributed by atoms with Crippen LogP contribution in [0.25, 0.3) is 10.2 Å². The molecular weight excluding hydrogens is 292 g/mol. The minimum absolute atomic E-state index is 0.652. The first kappa shape index (κ1) is 13.0. The molecule has 1 aliphatic carbocycles. The van der Waals surface area contributed by atoms with Crippen LogP contribution in [0.4, 0.5) is 5.13 Å². The molecule has 0 saturated carbocycles. The summed E-state index contributed by atoms with van der Waals surface area (Å²) in [5, 5.41) is 14.2. The van der Waals surface area contributed by atoms with Crippen LogP contribution in [0.3, 0.4) is 0 Å². The number of hydrogen-bond acceptors (Lipinski definition) is 5. The van der Waals surface area contributed by atoms with Gasteiger partial charge in [0.05, 0.1) is 27.6 Å². The molecule has 1 aromatic heterocycles. The van der Waals surface area contributed by atoms with Crippen molar-refractivity contribution < 1.29 is 0 Å². The summed E-state index contributed by atoms with van der Waals surface area (Å²) in [5.74, 6) is 0. The summed E-state index contributed by atoms with van der Waals surface area (Å²) in [6.45, 7) is 0. The summed E-state index contributed by atoms with van der Waals surface area (Å²) in [4.78, 5) is 4.50. The van der Waals surface area contributed by atoms with Gasteiger partial charge in [-0.3, -0.25) is 5.43 Å². The molecule has 0 spiro atoms. The summed E-state index contributed by atoms with van der Waals surface area (Å²) in [5.41, 5.74) is 8.26. The maximum atomic E-state index is 8.94. The van der Waals surface area contributed by atoms with E-state index in [-0.39, 0.29) is 0 Å². The largest absolute Gasteiger partial charge is 0.252 e. The summed E-state index contributed by atoms with van der Waals surface area (Å²) in [7, 11) is 0. The third kappa shape index (κ3) is 2.24. The van der Waals surface area contributed by atoms with Crippen molar-refractivity contribution >= 4 is 32.4 Å². The molecule has 0 bridgehead atoms. The van der Waals surface area contributed by atoms with Crippen LogP contribution >= 0.6 is 11.3 Å². The van der Waals surface area contributed by atoms with Gasteiger partial charge in [-0.15, -0.1) is 0 Å². The second-order valence-electron chi connectivity index (χ2n) is 5.14. The first-order chi connectivity index (χ1) is 10.8. The van der Waals surface area contributed by atoms with E-state index in [2.05, 4.69) is 39.8 Å². The fourth-order valence-corrected chi connectivity index (χ4v) is 3.53. The number of rotatable bonds is 2. The van der Waals surface area contributed by atoms with Crippen LogP contribution in [0.5, 0.6) is 0 Å². The van der Waals surface area contributed by atoms with E-state index < -0.39 is 0 Å². The molecule has 1 aliphatic rings. The van der Waals surface area contributed by atoms with Crippen molar-refractivity contribution in [2.45, 2.75) is 12.8 Å². The molecule has 0 amide bonds. The second-order valence-corrected chi connectivity index (χ2v) is 6.17. The zero-order chi connectivity index (χ0) is 14.9. The zero-order valence-electron chi connectivity index (χ0n) is 11.7. The van der Waals surface area contributed by atoms with Gasteiger partial charge in [0.15, 0.2) is 0 Å². The minimum Gasteiger partial charge on any atom is -0.252 e. The molecule has 0 fully saturated rings. The third-order valence-corrected chi connectivity index (χ3v) is 4.69. The summed E-state index contributed by atoms with van der Waals surface area (Å²) < 4.78 is 0.994. The molecule has 0 radical (unpaired) electrons. The first-order valence-corrected chi connectivity index (χ1v) is 7.87. The van der Waals surface area contributed by atoms with Crippen molar-refractivity contribution in [1.29, 1.82) is 5.26 Å². The van der Waals surface area contributed by atoms with E-state index in [1.807, 2.05) is 18.2 Å². The van der Waals surface area contributed by atoms with E-state index in [0.717, 1.165) is 33.9 Å². The topological polar surface area (TPSA) is 61.1 Å². The zero-order valence-corrected chi connectivity index (χ0v) is 12.5. The fourth-order valence-electron chi connectivity index (χ4n) is 2.68. The van der Waals surface area contributed by atoms with Crippen LogP contribution in [-0.2, 0) is 6.42 Å². The third-order valence-electron chi connectivity index (χ3n) is 3.76. The van der Waals surface area contributed by atoms with E-state index in [4.69, 9.17) is 5.26 Å². The van der Waals surface area contributed by atoms with Gasteiger partial charge in [-0.25, -0.2) is 4.98 Å². The Morgan fingerprint density at radius 3 is 3.00 bits per heavy atom. The predicted molar refractivity (Wildman–Crippen MR) is 89.3 cm³/mol. The Balaban J connectivity index is 1.62. The Kier molecular flexibility index (Phi) is 3.10. The van der Waals surface area contributed by atoms with Gasteiger partial charge in [0.25, 0.3) is 0 Å². The number of benzene rings is 2. The van der Waals surface area contributed by atoms with E-state index >= 15 is 0 Å². The molecule has 0 atom stereocenters. The number of hydrazone groups is 1. The molecule has 1 N–H and O–H groups in total. The van der Waals surface area contributed by atoms with Gasteiger partial charge in [-0.1, -0.05) is 35.6 Å². The van der Waals surface area contributed by atoms with Gasteiger partial charge in [0.1, 0.15) is 0 Å². The van der Waals surface area contributed by atoms with Crippen molar-refractivity contribution in [2.24, 2.45) is 5.10 Å². The Labute approximate surface area is 131 Å². The van der Waals surface area contributed by atoms with Crippen LogP contribution in [-0.4, -0.2) is 10.7 Å². The highest BCUT2D eigenvalue weighted by molar-refractivity contribution is 7.22. The molecule has 106 valence electrons. The van der Waals surface area contributed by atoms with Crippen LogP contribution in [0.1, 0.15) is 23.1 Å². The quantitative estimate of drug-likeness (QED) is 0.730. The van der Waals surface area contributed by atoms with Crippen molar-refractivity contribution in [1.82, 2.24) is 4.98 Å². The van der Waals surface area contributed by atoms with Gasteiger partial charge in [-0.05, 0) is 36.6 Å². The number of nitrogens with zero attached hydrogens (tertiary/aromatic N) is 3. The Morgan fingerprint density at radius 2 is 2.09 bits per heavy atom. The molecule has 2 aromatic carbocycles. The van der Waals surface area contributed by atoms with Crippen LogP contribution < -0.4 is 5.43 Å². The lowest BCUT2D eigenvalue weighted by Gasteiger charge is -1.99. The van der Waals surface area contributed by atoms with Crippen molar-refractivity contribution in [3.05, 3.63) is 59.2 Å². The van der Waals surface area contributed by atoms with Gasteiger partial charge in [0.2, 0.25) is 5.13 Å².